The van der Waals surface area contributed by atoms with E-state index in [1.54, 1.807) is 0 Å². The number of benzene rings is 2. The number of amides is 1. The van der Waals surface area contributed by atoms with Crippen molar-refractivity contribution in [2.45, 2.75) is 25.3 Å². The predicted molar refractivity (Wildman–Crippen MR) is 89.9 cm³/mol. The van der Waals surface area contributed by atoms with Crippen LogP contribution in [0.3, 0.4) is 0 Å². The summed E-state index contributed by atoms with van der Waals surface area (Å²) in [4.78, 5) is 12.1. The summed E-state index contributed by atoms with van der Waals surface area (Å²) in [5.41, 5.74) is 2.58. The van der Waals surface area contributed by atoms with Crippen molar-refractivity contribution < 1.29 is 9.53 Å². The normalized spacial score (nSPS) is 16.7. The third kappa shape index (κ3) is 3.69. The largest absolute Gasteiger partial charge is 0.484 e. The molecule has 0 aliphatic heterocycles. The minimum absolute atomic E-state index is 0.0420. The lowest BCUT2D eigenvalue weighted by atomic mass is 9.88. The van der Waals surface area contributed by atoms with E-state index in [0.717, 1.165) is 23.7 Å². The van der Waals surface area contributed by atoms with Crippen molar-refractivity contribution in [3.05, 3.63) is 64.1 Å². The average molecular weight is 360 g/mol. The Bertz CT molecular complexity index is 654. The Hall–Kier alpha value is -1.81. The maximum atomic E-state index is 12.1. The van der Waals surface area contributed by atoms with E-state index in [-0.39, 0.29) is 18.6 Å². The van der Waals surface area contributed by atoms with Gasteiger partial charge < -0.3 is 10.1 Å². The standard InChI is InChI=1S/C18H18BrNO2/c19-14-8-10-15(11-9-14)22-12-18(21)20-17-7-3-5-13-4-1-2-6-16(13)17/h1-2,4,6,8-11,17H,3,5,7,12H2,(H,20,21)/t17-/m0/s1. The van der Waals surface area contributed by atoms with Crippen molar-refractivity contribution in [3.8, 4) is 5.75 Å². The molecule has 1 amide bonds. The van der Waals surface area contributed by atoms with Crippen LogP contribution in [-0.4, -0.2) is 12.5 Å². The quantitative estimate of drug-likeness (QED) is 0.894. The summed E-state index contributed by atoms with van der Waals surface area (Å²) in [5.74, 6) is 0.618. The minimum atomic E-state index is -0.0791. The van der Waals surface area contributed by atoms with Gasteiger partial charge in [0.2, 0.25) is 0 Å². The molecular weight excluding hydrogens is 342 g/mol. The van der Waals surface area contributed by atoms with Crippen LogP contribution in [0.4, 0.5) is 0 Å². The van der Waals surface area contributed by atoms with E-state index >= 15 is 0 Å². The molecule has 0 saturated heterocycles. The number of hydrogen-bond donors (Lipinski definition) is 1. The first-order chi connectivity index (χ1) is 10.7. The van der Waals surface area contributed by atoms with Crippen LogP contribution in [0.5, 0.6) is 5.75 Å². The molecule has 22 heavy (non-hydrogen) atoms. The van der Waals surface area contributed by atoms with Gasteiger partial charge in [0.15, 0.2) is 6.61 Å². The maximum Gasteiger partial charge on any atom is 0.258 e. The molecule has 1 N–H and O–H groups in total. The molecule has 0 bridgehead atoms. The number of rotatable bonds is 4. The first kappa shape index (κ1) is 15.1. The lowest BCUT2D eigenvalue weighted by Gasteiger charge is -2.26. The van der Waals surface area contributed by atoms with Gasteiger partial charge in [-0.25, -0.2) is 0 Å². The number of halogens is 1. The summed E-state index contributed by atoms with van der Waals surface area (Å²) in [5, 5.41) is 3.08. The van der Waals surface area contributed by atoms with Crippen LogP contribution >= 0.6 is 15.9 Å². The highest BCUT2D eigenvalue weighted by atomic mass is 79.9. The fraction of sp³-hybridized carbons (Fsp3) is 0.278. The first-order valence-corrected chi connectivity index (χ1v) is 8.27. The van der Waals surface area contributed by atoms with Gasteiger partial charge in [-0.3, -0.25) is 4.79 Å². The van der Waals surface area contributed by atoms with Crippen molar-refractivity contribution in [3.63, 3.8) is 0 Å². The summed E-state index contributed by atoms with van der Waals surface area (Å²) in [6.07, 6.45) is 3.19. The SMILES string of the molecule is O=C(COc1ccc(Br)cc1)N[C@H]1CCCc2ccccc21. The van der Waals surface area contributed by atoms with E-state index in [0.29, 0.717) is 5.75 Å². The van der Waals surface area contributed by atoms with E-state index in [4.69, 9.17) is 4.74 Å². The lowest BCUT2D eigenvalue weighted by Crippen LogP contribution is -2.34. The summed E-state index contributed by atoms with van der Waals surface area (Å²) in [6, 6.07) is 15.9. The fourth-order valence-corrected chi connectivity index (χ4v) is 3.08. The zero-order valence-electron chi connectivity index (χ0n) is 12.2. The topological polar surface area (TPSA) is 38.3 Å². The molecule has 0 radical (unpaired) electrons. The van der Waals surface area contributed by atoms with E-state index in [2.05, 4.69) is 39.4 Å². The van der Waals surface area contributed by atoms with E-state index in [9.17, 15) is 4.79 Å². The minimum Gasteiger partial charge on any atom is -0.484 e. The highest BCUT2D eigenvalue weighted by Crippen LogP contribution is 2.29. The molecular formula is C18H18BrNO2. The predicted octanol–water partition coefficient (Wildman–Crippen LogP) is 4.02. The van der Waals surface area contributed by atoms with E-state index in [1.165, 1.54) is 11.1 Å². The number of fused-ring (bicyclic) bond motifs is 1. The Labute approximate surface area is 138 Å². The summed E-state index contributed by atoms with van der Waals surface area (Å²) in [7, 11) is 0. The molecule has 0 fully saturated rings. The highest BCUT2D eigenvalue weighted by Gasteiger charge is 2.21. The van der Waals surface area contributed by atoms with Crippen LogP contribution in [0.25, 0.3) is 0 Å². The van der Waals surface area contributed by atoms with Crippen molar-refractivity contribution in [1.29, 1.82) is 0 Å². The molecule has 0 heterocycles. The van der Waals surface area contributed by atoms with Gasteiger partial charge in [0.25, 0.3) is 5.91 Å². The van der Waals surface area contributed by atoms with Gasteiger partial charge in [-0.15, -0.1) is 0 Å². The molecule has 114 valence electrons. The first-order valence-electron chi connectivity index (χ1n) is 7.48. The molecule has 0 unspecified atom stereocenters. The van der Waals surface area contributed by atoms with Crippen molar-refractivity contribution in [1.82, 2.24) is 5.32 Å². The number of nitrogens with one attached hydrogen (secondary N) is 1. The molecule has 1 aliphatic rings. The summed E-state index contributed by atoms with van der Waals surface area (Å²) < 4.78 is 6.51. The summed E-state index contributed by atoms with van der Waals surface area (Å²) in [6.45, 7) is 0.0420. The summed E-state index contributed by atoms with van der Waals surface area (Å²) >= 11 is 3.37. The van der Waals surface area contributed by atoms with Crippen molar-refractivity contribution >= 4 is 21.8 Å². The molecule has 0 aromatic heterocycles. The zero-order chi connectivity index (χ0) is 15.4. The fourth-order valence-electron chi connectivity index (χ4n) is 2.82. The number of carbonyl (C=O) groups is 1. The number of ether oxygens (including phenoxy) is 1. The molecule has 3 rings (SSSR count). The van der Waals surface area contributed by atoms with Crippen LogP contribution in [-0.2, 0) is 11.2 Å². The smallest absolute Gasteiger partial charge is 0.258 e. The molecule has 1 atom stereocenters. The van der Waals surface area contributed by atoms with Gasteiger partial charge in [-0.2, -0.15) is 0 Å². The number of aryl methyl sites for hydroxylation is 1. The third-order valence-electron chi connectivity index (χ3n) is 3.89. The highest BCUT2D eigenvalue weighted by molar-refractivity contribution is 9.10. The maximum absolute atomic E-state index is 12.1. The number of carbonyl (C=O) groups excluding carboxylic acids is 1. The zero-order valence-corrected chi connectivity index (χ0v) is 13.8. The second-order valence-electron chi connectivity index (χ2n) is 5.45. The van der Waals surface area contributed by atoms with Gasteiger partial charge >= 0.3 is 0 Å². The monoisotopic (exact) mass is 359 g/mol. The molecule has 3 nitrogen and oxygen atoms in total. The van der Waals surface area contributed by atoms with Gasteiger partial charge in [-0.1, -0.05) is 40.2 Å². The van der Waals surface area contributed by atoms with Crippen LogP contribution in [0.2, 0.25) is 0 Å². The Morgan fingerprint density at radius 1 is 1.18 bits per heavy atom. The Kier molecular flexibility index (Phi) is 4.78. The second-order valence-corrected chi connectivity index (χ2v) is 6.37. The molecule has 2 aromatic rings. The van der Waals surface area contributed by atoms with Crippen LogP contribution in [0.1, 0.15) is 30.0 Å². The average Bonchev–Trinajstić information content (AvgIpc) is 2.55. The Morgan fingerprint density at radius 2 is 1.95 bits per heavy atom. The van der Waals surface area contributed by atoms with Crippen molar-refractivity contribution in [2.75, 3.05) is 6.61 Å². The van der Waals surface area contributed by atoms with Gasteiger partial charge in [0, 0.05) is 4.47 Å². The van der Waals surface area contributed by atoms with Gasteiger partial charge in [0.05, 0.1) is 6.04 Å². The second kappa shape index (κ2) is 6.97. The molecule has 1 aliphatic carbocycles. The van der Waals surface area contributed by atoms with Crippen LogP contribution in [0, 0.1) is 0 Å². The van der Waals surface area contributed by atoms with Gasteiger partial charge in [-0.05, 0) is 54.7 Å². The lowest BCUT2D eigenvalue weighted by molar-refractivity contribution is -0.123. The van der Waals surface area contributed by atoms with Crippen molar-refractivity contribution in [2.24, 2.45) is 0 Å². The number of hydrogen-bond acceptors (Lipinski definition) is 2. The molecule has 0 saturated carbocycles. The van der Waals surface area contributed by atoms with Crippen LogP contribution < -0.4 is 10.1 Å². The van der Waals surface area contributed by atoms with Crippen LogP contribution in [0.15, 0.2) is 53.0 Å². The van der Waals surface area contributed by atoms with E-state index in [1.807, 2.05) is 30.3 Å². The van der Waals surface area contributed by atoms with Gasteiger partial charge in [0.1, 0.15) is 5.75 Å². The molecule has 2 aromatic carbocycles. The third-order valence-corrected chi connectivity index (χ3v) is 4.42. The molecule has 0 spiro atoms. The van der Waals surface area contributed by atoms with E-state index < -0.39 is 0 Å². The molecule has 4 heteroatoms. The Morgan fingerprint density at radius 3 is 2.77 bits per heavy atom. The Balaban J connectivity index is 1.57.